The number of hydrogen-bond acceptors (Lipinski definition) is 5. The minimum atomic E-state index is -4.80. The Morgan fingerprint density at radius 2 is 1.97 bits per heavy atom. The van der Waals surface area contributed by atoms with Gasteiger partial charge in [-0.2, -0.15) is 0 Å². The van der Waals surface area contributed by atoms with Crippen LogP contribution in [-0.2, 0) is 9.53 Å². The molecule has 3 amide bonds. The molecule has 11 heteroatoms. The Labute approximate surface area is 188 Å². The van der Waals surface area contributed by atoms with E-state index in [-0.39, 0.29) is 24.8 Å². The first-order chi connectivity index (χ1) is 15.7. The van der Waals surface area contributed by atoms with Crippen LogP contribution in [0.2, 0.25) is 0 Å². The van der Waals surface area contributed by atoms with Gasteiger partial charge < -0.3 is 20.1 Å². The van der Waals surface area contributed by atoms with Gasteiger partial charge in [-0.15, -0.1) is 13.2 Å². The summed E-state index contributed by atoms with van der Waals surface area (Å²) in [5.74, 6) is 0.00126. The van der Waals surface area contributed by atoms with E-state index in [4.69, 9.17) is 4.74 Å². The summed E-state index contributed by atoms with van der Waals surface area (Å²) in [7, 11) is 0. The minimum Gasteiger partial charge on any atom is -0.406 e. The first kappa shape index (κ1) is 22.8. The largest absolute Gasteiger partial charge is 0.573 e. The quantitative estimate of drug-likeness (QED) is 0.644. The lowest BCUT2D eigenvalue weighted by atomic mass is 10.1. The van der Waals surface area contributed by atoms with Crippen LogP contribution in [0.15, 0.2) is 36.4 Å². The average molecular weight is 464 g/mol. The summed E-state index contributed by atoms with van der Waals surface area (Å²) in [6.45, 7) is 2.04. The van der Waals surface area contributed by atoms with Crippen molar-refractivity contribution < 1.29 is 32.2 Å². The second-order valence-corrected chi connectivity index (χ2v) is 7.79. The number of carbonyl (C=O) groups is 2. The second kappa shape index (κ2) is 9.26. The van der Waals surface area contributed by atoms with Crippen LogP contribution < -0.4 is 20.3 Å². The molecule has 1 fully saturated rings. The highest BCUT2D eigenvalue weighted by atomic mass is 19.4. The summed E-state index contributed by atoms with van der Waals surface area (Å²) in [6, 6.07) is 7.54. The Bertz CT molecular complexity index is 1030. The van der Waals surface area contributed by atoms with Gasteiger partial charge in [-0.3, -0.25) is 9.69 Å². The fraction of sp³-hybridized carbons (Fsp3) is 0.409. The molecule has 0 spiro atoms. The van der Waals surface area contributed by atoms with Gasteiger partial charge in [0.2, 0.25) is 5.91 Å². The van der Waals surface area contributed by atoms with Crippen LogP contribution in [-0.4, -0.2) is 43.0 Å². The highest BCUT2D eigenvalue weighted by Gasteiger charge is 2.33. The highest BCUT2D eigenvalue weighted by Crippen LogP contribution is 2.41. The molecule has 1 saturated carbocycles. The van der Waals surface area contributed by atoms with Crippen LogP contribution >= 0.6 is 0 Å². The Morgan fingerprint density at radius 1 is 1.24 bits per heavy atom. The van der Waals surface area contributed by atoms with Crippen molar-refractivity contribution >= 4 is 23.4 Å². The number of urea groups is 1. The summed E-state index contributed by atoms with van der Waals surface area (Å²) in [4.78, 5) is 31.2. The van der Waals surface area contributed by atoms with Crippen molar-refractivity contribution in [3.63, 3.8) is 0 Å². The molecule has 1 atom stereocenters. The van der Waals surface area contributed by atoms with Crippen molar-refractivity contribution in [2.75, 3.05) is 30.0 Å². The predicted molar refractivity (Wildman–Crippen MR) is 113 cm³/mol. The maximum absolute atomic E-state index is 13.2. The van der Waals surface area contributed by atoms with Crippen LogP contribution in [0.5, 0.6) is 5.75 Å². The molecular formula is C22H23F3N4O4. The van der Waals surface area contributed by atoms with Crippen molar-refractivity contribution in [3.05, 3.63) is 47.7 Å². The molecule has 2 aromatic rings. The number of aromatic nitrogens is 1. The van der Waals surface area contributed by atoms with Crippen molar-refractivity contribution in [1.82, 2.24) is 10.3 Å². The molecule has 8 nitrogen and oxygen atoms in total. The summed E-state index contributed by atoms with van der Waals surface area (Å²) < 4.78 is 46.7. The number of ether oxygens (including phenoxy) is 2. The van der Waals surface area contributed by atoms with Crippen molar-refractivity contribution in [1.29, 1.82) is 0 Å². The number of anilines is 2. The highest BCUT2D eigenvalue weighted by molar-refractivity contribution is 6.08. The van der Waals surface area contributed by atoms with E-state index in [1.165, 1.54) is 29.2 Å². The molecule has 33 heavy (non-hydrogen) atoms. The molecule has 4 rings (SSSR count). The number of halogens is 3. The lowest BCUT2D eigenvalue weighted by Crippen LogP contribution is -2.49. The molecule has 176 valence electrons. The van der Waals surface area contributed by atoms with Crippen LogP contribution in [0.3, 0.4) is 0 Å². The number of nitrogens with one attached hydrogen (secondary N) is 2. The molecule has 2 N–H and O–H groups in total. The van der Waals surface area contributed by atoms with E-state index >= 15 is 0 Å². The van der Waals surface area contributed by atoms with Crippen LogP contribution in [0.4, 0.5) is 29.5 Å². The maximum atomic E-state index is 13.2. The molecule has 0 radical (unpaired) electrons. The predicted octanol–water partition coefficient (Wildman–Crippen LogP) is 4.10. The number of pyridine rings is 1. The van der Waals surface area contributed by atoms with Gasteiger partial charge >= 0.3 is 12.4 Å². The zero-order valence-corrected chi connectivity index (χ0v) is 17.8. The van der Waals surface area contributed by atoms with Gasteiger partial charge in [-0.05, 0) is 49.6 Å². The van der Waals surface area contributed by atoms with Crippen LogP contribution in [0, 0.1) is 0 Å². The minimum absolute atomic E-state index is 0.0875. The zero-order chi connectivity index (χ0) is 23.6. The number of rotatable bonds is 7. The Hall–Kier alpha value is -3.34. The lowest BCUT2D eigenvalue weighted by Gasteiger charge is -2.30. The molecular weight excluding hydrogens is 441 g/mol. The van der Waals surface area contributed by atoms with Gasteiger partial charge in [0.1, 0.15) is 12.3 Å². The molecule has 1 aliphatic carbocycles. The number of carbonyl (C=O) groups excluding carboxylic acids is 2. The Kier molecular flexibility index (Phi) is 6.41. The number of fused-ring (bicyclic) bond motifs is 1. The molecule has 1 unspecified atom stereocenters. The van der Waals surface area contributed by atoms with Gasteiger partial charge in [-0.1, -0.05) is 12.1 Å². The third-order valence-electron chi connectivity index (χ3n) is 5.27. The smallest absolute Gasteiger partial charge is 0.406 e. The SMILES string of the molecule is CCOCC(NC(=O)N1CC(=O)Nc2ccc(C3CC3)nc21)c1ccc(OC(F)(F)F)cc1. The Morgan fingerprint density at radius 3 is 2.61 bits per heavy atom. The Balaban J connectivity index is 1.54. The van der Waals surface area contributed by atoms with E-state index in [2.05, 4.69) is 20.4 Å². The molecule has 1 aromatic carbocycles. The third kappa shape index (κ3) is 5.72. The number of hydrogen-bond donors (Lipinski definition) is 2. The average Bonchev–Trinajstić information content (AvgIpc) is 3.60. The monoisotopic (exact) mass is 464 g/mol. The number of amides is 3. The first-order valence-corrected chi connectivity index (χ1v) is 10.6. The summed E-state index contributed by atoms with van der Waals surface area (Å²) in [6.07, 6.45) is -2.72. The number of benzene rings is 1. The molecule has 1 aliphatic heterocycles. The van der Waals surface area contributed by atoms with E-state index in [0.29, 0.717) is 29.6 Å². The van der Waals surface area contributed by atoms with Crippen molar-refractivity contribution in [2.24, 2.45) is 0 Å². The van der Waals surface area contributed by atoms with E-state index in [1.807, 2.05) is 6.07 Å². The fourth-order valence-electron chi connectivity index (χ4n) is 3.53. The van der Waals surface area contributed by atoms with E-state index < -0.39 is 18.4 Å². The number of alkyl halides is 3. The van der Waals surface area contributed by atoms with E-state index in [1.54, 1.807) is 13.0 Å². The standard InChI is InChI=1S/C22H23F3N4O4/c1-2-32-12-18(14-5-7-15(8-6-14)33-22(23,24)25)28-21(31)29-11-19(30)26-17-10-9-16(13-3-4-13)27-20(17)29/h5-10,13,18H,2-4,11-12H2,1H3,(H,26,30)(H,28,31). The molecule has 0 bridgehead atoms. The molecule has 0 saturated heterocycles. The molecule has 1 aromatic heterocycles. The molecule has 2 aliphatic rings. The number of nitrogens with zero attached hydrogens (tertiary/aromatic N) is 2. The van der Waals surface area contributed by atoms with Gasteiger partial charge in [0, 0.05) is 18.2 Å². The van der Waals surface area contributed by atoms with Gasteiger partial charge in [-0.25, -0.2) is 9.78 Å². The molecule has 2 heterocycles. The van der Waals surface area contributed by atoms with Crippen molar-refractivity contribution in [3.8, 4) is 5.75 Å². The third-order valence-corrected chi connectivity index (χ3v) is 5.27. The first-order valence-electron chi connectivity index (χ1n) is 10.6. The van der Waals surface area contributed by atoms with Gasteiger partial charge in [0.25, 0.3) is 0 Å². The second-order valence-electron chi connectivity index (χ2n) is 7.79. The van der Waals surface area contributed by atoms with Crippen LogP contribution in [0.25, 0.3) is 0 Å². The zero-order valence-electron chi connectivity index (χ0n) is 17.8. The summed E-state index contributed by atoms with van der Waals surface area (Å²) in [5, 5.41) is 5.53. The van der Waals surface area contributed by atoms with Gasteiger partial charge in [0.05, 0.1) is 18.3 Å². The maximum Gasteiger partial charge on any atom is 0.573 e. The van der Waals surface area contributed by atoms with E-state index in [9.17, 15) is 22.8 Å². The fourth-order valence-corrected chi connectivity index (χ4v) is 3.53. The lowest BCUT2D eigenvalue weighted by molar-refractivity contribution is -0.274. The topological polar surface area (TPSA) is 92.8 Å². The summed E-state index contributed by atoms with van der Waals surface area (Å²) in [5.41, 5.74) is 1.84. The van der Waals surface area contributed by atoms with E-state index in [0.717, 1.165) is 18.5 Å². The van der Waals surface area contributed by atoms with Crippen LogP contribution in [0.1, 0.15) is 43.0 Å². The van der Waals surface area contributed by atoms with Crippen molar-refractivity contribution in [2.45, 2.75) is 38.1 Å². The van der Waals surface area contributed by atoms with Gasteiger partial charge in [0.15, 0.2) is 5.82 Å². The normalized spacial score (nSPS) is 16.6. The summed E-state index contributed by atoms with van der Waals surface area (Å²) >= 11 is 0.